The number of carboxylic acid groups (broad SMARTS) is 1. The number of sulfonamides is 1. The van der Waals surface area contributed by atoms with Gasteiger partial charge in [-0.2, -0.15) is 0 Å². The molecule has 2 rings (SSSR count). The standard InChI is InChI=1S/C11H19NO4S/c1-8-6-12(7-10(8)11(13)14)17(15,16)9-4-2-3-5-9/h8-10H,2-7H2,1H3,(H,13,14). The highest BCUT2D eigenvalue weighted by atomic mass is 32.2. The summed E-state index contributed by atoms with van der Waals surface area (Å²) in [6.45, 7) is 2.31. The van der Waals surface area contributed by atoms with Crippen LogP contribution in [0, 0.1) is 11.8 Å². The fraction of sp³-hybridized carbons (Fsp3) is 0.909. The molecular weight excluding hydrogens is 242 g/mol. The Kier molecular flexibility index (Phi) is 3.45. The lowest BCUT2D eigenvalue weighted by molar-refractivity contribution is -0.142. The predicted molar refractivity (Wildman–Crippen MR) is 63.0 cm³/mol. The topological polar surface area (TPSA) is 74.7 Å². The van der Waals surface area contributed by atoms with Crippen molar-refractivity contribution in [3.8, 4) is 0 Å². The van der Waals surface area contributed by atoms with E-state index in [1.807, 2.05) is 6.92 Å². The summed E-state index contributed by atoms with van der Waals surface area (Å²) in [5.74, 6) is -1.53. The quantitative estimate of drug-likeness (QED) is 0.819. The van der Waals surface area contributed by atoms with Crippen LogP contribution < -0.4 is 0 Å². The zero-order valence-electron chi connectivity index (χ0n) is 10.0. The molecule has 0 radical (unpaired) electrons. The molecule has 5 nitrogen and oxygen atoms in total. The third-order valence-corrected chi connectivity index (χ3v) is 6.31. The number of hydrogen-bond donors (Lipinski definition) is 1. The summed E-state index contributed by atoms with van der Waals surface area (Å²) in [6.07, 6.45) is 3.39. The van der Waals surface area contributed by atoms with Crippen LogP contribution in [-0.2, 0) is 14.8 Å². The zero-order chi connectivity index (χ0) is 12.6. The molecule has 17 heavy (non-hydrogen) atoms. The Balaban J connectivity index is 2.11. The summed E-state index contributed by atoms with van der Waals surface area (Å²) in [5, 5.41) is 8.74. The lowest BCUT2D eigenvalue weighted by atomic mass is 9.99. The summed E-state index contributed by atoms with van der Waals surface area (Å²) < 4.78 is 26.0. The van der Waals surface area contributed by atoms with Gasteiger partial charge in [-0.05, 0) is 18.8 Å². The Labute approximate surface area is 102 Å². The van der Waals surface area contributed by atoms with Gasteiger partial charge in [0.25, 0.3) is 0 Å². The van der Waals surface area contributed by atoms with Crippen molar-refractivity contribution in [2.24, 2.45) is 11.8 Å². The number of carbonyl (C=O) groups is 1. The van der Waals surface area contributed by atoms with Crippen molar-refractivity contribution in [1.29, 1.82) is 0 Å². The van der Waals surface area contributed by atoms with Gasteiger partial charge in [0, 0.05) is 13.1 Å². The molecule has 0 aromatic carbocycles. The van der Waals surface area contributed by atoms with Crippen LogP contribution in [0.1, 0.15) is 32.6 Å². The first kappa shape index (κ1) is 12.8. The van der Waals surface area contributed by atoms with Gasteiger partial charge in [0.1, 0.15) is 0 Å². The molecule has 0 aromatic heterocycles. The molecule has 98 valence electrons. The normalized spacial score (nSPS) is 32.1. The average Bonchev–Trinajstić information content (AvgIpc) is 2.84. The van der Waals surface area contributed by atoms with E-state index in [4.69, 9.17) is 5.11 Å². The van der Waals surface area contributed by atoms with Crippen LogP contribution in [0.15, 0.2) is 0 Å². The van der Waals surface area contributed by atoms with Crippen molar-refractivity contribution in [3.05, 3.63) is 0 Å². The van der Waals surface area contributed by atoms with Crippen LogP contribution in [0.25, 0.3) is 0 Å². The fourth-order valence-corrected chi connectivity index (χ4v) is 5.01. The molecule has 0 bridgehead atoms. The maximum absolute atomic E-state index is 12.3. The van der Waals surface area contributed by atoms with Crippen LogP contribution in [0.3, 0.4) is 0 Å². The molecule has 1 saturated carbocycles. The Bertz CT molecular complexity index is 400. The van der Waals surface area contributed by atoms with E-state index in [1.54, 1.807) is 0 Å². The second kappa shape index (κ2) is 4.57. The van der Waals surface area contributed by atoms with Gasteiger partial charge in [0.2, 0.25) is 10.0 Å². The van der Waals surface area contributed by atoms with E-state index in [2.05, 4.69) is 0 Å². The van der Waals surface area contributed by atoms with Gasteiger partial charge in [0.05, 0.1) is 11.2 Å². The third-order valence-electron chi connectivity index (χ3n) is 3.98. The molecule has 0 aromatic rings. The van der Waals surface area contributed by atoms with Crippen LogP contribution in [0.2, 0.25) is 0 Å². The minimum absolute atomic E-state index is 0.0938. The van der Waals surface area contributed by atoms with Crippen molar-refractivity contribution >= 4 is 16.0 Å². The van der Waals surface area contributed by atoms with E-state index in [0.29, 0.717) is 6.54 Å². The predicted octanol–water partition coefficient (Wildman–Crippen LogP) is 0.911. The van der Waals surface area contributed by atoms with Gasteiger partial charge in [-0.25, -0.2) is 12.7 Å². The Morgan fingerprint density at radius 2 is 1.82 bits per heavy atom. The van der Waals surface area contributed by atoms with E-state index in [9.17, 15) is 13.2 Å². The van der Waals surface area contributed by atoms with Crippen molar-refractivity contribution < 1.29 is 18.3 Å². The molecule has 2 unspecified atom stereocenters. The molecule has 1 N–H and O–H groups in total. The highest BCUT2D eigenvalue weighted by Gasteiger charge is 2.43. The minimum atomic E-state index is -3.27. The molecule has 2 aliphatic rings. The molecule has 0 amide bonds. The van der Waals surface area contributed by atoms with E-state index in [-0.39, 0.29) is 17.7 Å². The molecule has 1 aliphatic heterocycles. The molecule has 1 heterocycles. The summed E-state index contributed by atoms with van der Waals surface area (Å²) >= 11 is 0. The fourth-order valence-electron chi connectivity index (χ4n) is 2.85. The van der Waals surface area contributed by atoms with Crippen molar-refractivity contribution in [1.82, 2.24) is 4.31 Å². The lowest BCUT2D eigenvalue weighted by Crippen LogP contribution is -2.36. The first-order valence-electron chi connectivity index (χ1n) is 6.14. The Morgan fingerprint density at radius 1 is 1.24 bits per heavy atom. The van der Waals surface area contributed by atoms with Crippen LogP contribution in [0.4, 0.5) is 0 Å². The lowest BCUT2D eigenvalue weighted by Gasteiger charge is -2.20. The minimum Gasteiger partial charge on any atom is -0.481 e. The smallest absolute Gasteiger partial charge is 0.308 e. The van der Waals surface area contributed by atoms with Crippen molar-refractivity contribution in [2.45, 2.75) is 37.9 Å². The van der Waals surface area contributed by atoms with E-state index in [0.717, 1.165) is 25.7 Å². The highest BCUT2D eigenvalue weighted by molar-refractivity contribution is 7.89. The first-order valence-corrected chi connectivity index (χ1v) is 7.65. The van der Waals surface area contributed by atoms with Gasteiger partial charge < -0.3 is 5.11 Å². The van der Waals surface area contributed by atoms with E-state index < -0.39 is 21.9 Å². The van der Waals surface area contributed by atoms with Gasteiger partial charge >= 0.3 is 5.97 Å². The van der Waals surface area contributed by atoms with Gasteiger partial charge in [0.15, 0.2) is 0 Å². The summed E-state index contributed by atoms with van der Waals surface area (Å²) in [6, 6.07) is 0. The first-order chi connectivity index (χ1) is 7.93. The molecule has 6 heteroatoms. The maximum Gasteiger partial charge on any atom is 0.308 e. The average molecular weight is 261 g/mol. The largest absolute Gasteiger partial charge is 0.481 e. The van der Waals surface area contributed by atoms with E-state index in [1.165, 1.54) is 4.31 Å². The van der Waals surface area contributed by atoms with Crippen molar-refractivity contribution in [2.75, 3.05) is 13.1 Å². The number of rotatable bonds is 3. The van der Waals surface area contributed by atoms with Crippen LogP contribution >= 0.6 is 0 Å². The second-order valence-electron chi connectivity index (χ2n) is 5.19. The zero-order valence-corrected chi connectivity index (χ0v) is 10.8. The Morgan fingerprint density at radius 3 is 2.29 bits per heavy atom. The molecule has 2 atom stereocenters. The van der Waals surface area contributed by atoms with Gasteiger partial charge in [-0.1, -0.05) is 19.8 Å². The molecule has 1 saturated heterocycles. The number of nitrogens with zero attached hydrogens (tertiary/aromatic N) is 1. The number of hydrogen-bond acceptors (Lipinski definition) is 3. The summed E-state index contributed by atoms with van der Waals surface area (Å²) in [4.78, 5) is 11.0. The molecule has 0 spiro atoms. The molecule has 2 fully saturated rings. The van der Waals surface area contributed by atoms with Gasteiger partial charge in [-0.3, -0.25) is 4.79 Å². The summed E-state index contributed by atoms with van der Waals surface area (Å²) in [7, 11) is -3.27. The van der Waals surface area contributed by atoms with Gasteiger partial charge in [-0.15, -0.1) is 0 Å². The Hall–Kier alpha value is -0.620. The second-order valence-corrected chi connectivity index (χ2v) is 7.40. The molecular formula is C11H19NO4S. The maximum atomic E-state index is 12.3. The van der Waals surface area contributed by atoms with Crippen LogP contribution in [-0.4, -0.2) is 42.1 Å². The highest BCUT2D eigenvalue weighted by Crippen LogP contribution is 2.32. The monoisotopic (exact) mass is 261 g/mol. The number of aliphatic carboxylic acids is 1. The molecule has 1 aliphatic carbocycles. The number of carboxylic acids is 1. The van der Waals surface area contributed by atoms with Crippen LogP contribution in [0.5, 0.6) is 0 Å². The SMILES string of the molecule is CC1CN(S(=O)(=O)C2CCCC2)CC1C(=O)O. The van der Waals surface area contributed by atoms with Crippen molar-refractivity contribution in [3.63, 3.8) is 0 Å². The summed E-state index contributed by atoms with van der Waals surface area (Å²) in [5.41, 5.74) is 0. The third kappa shape index (κ3) is 2.33. The van der Waals surface area contributed by atoms with E-state index >= 15 is 0 Å².